The fourth-order valence-corrected chi connectivity index (χ4v) is 5.22. The van der Waals surface area contributed by atoms with E-state index in [2.05, 4.69) is 4.98 Å². The standard InChI is InChI=1S/C23H34NO8PS/c1-22(2,3)19(25)30-21(31-20(26)23(4,5)6)32-33(27,28)13-29-16-11-14-9-7-8-10-15(14)17-18(16)34-12-24-17/h12,14,21H,7-11,13H2,1-6H3,(H,27,28). The van der Waals surface area contributed by atoms with Crippen molar-refractivity contribution in [1.82, 2.24) is 4.98 Å². The van der Waals surface area contributed by atoms with E-state index in [9.17, 15) is 19.0 Å². The maximum Gasteiger partial charge on any atom is 0.372 e. The Morgan fingerprint density at radius 1 is 1.15 bits per heavy atom. The average molecular weight is 516 g/mol. The van der Waals surface area contributed by atoms with E-state index >= 15 is 0 Å². The molecule has 1 aromatic rings. The van der Waals surface area contributed by atoms with Crippen molar-refractivity contribution in [2.45, 2.75) is 80.1 Å². The Morgan fingerprint density at radius 3 is 2.35 bits per heavy atom. The summed E-state index contributed by atoms with van der Waals surface area (Å²) >= 11 is 1.43. The number of fused-ring (bicyclic) bond motifs is 2. The lowest BCUT2D eigenvalue weighted by atomic mass is 9.80. The van der Waals surface area contributed by atoms with Gasteiger partial charge in [0, 0.05) is 6.42 Å². The van der Waals surface area contributed by atoms with E-state index in [1.54, 1.807) is 47.1 Å². The zero-order chi connectivity index (χ0) is 25.3. The predicted octanol–water partition coefficient (Wildman–Crippen LogP) is 3.63. The fraction of sp³-hybridized carbons (Fsp3) is 0.696. The van der Waals surface area contributed by atoms with Gasteiger partial charge in [-0.25, -0.2) is 9.51 Å². The van der Waals surface area contributed by atoms with E-state index in [0.717, 1.165) is 35.6 Å². The minimum absolute atomic E-state index is 0.311. The highest BCUT2D eigenvalue weighted by Crippen LogP contribution is 2.46. The molecule has 1 fully saturated rings. The van der Waals surface area contributed by atoms with Gasteiger partial charge in [-0.05, 0) is 72.3 Å². The normalized spacial score (nSPS) is 20.3. The Balaban J connectivity index is 1.76. The first-order valence-electron chi connectivity index (χ1n) is 11.4. The Labute approximate surface area is 203 Å². The van der Waals surface area contributed by atoms with Gasteiger partial charge in [-0.1, -0.05) is 6.42 Å². The van der Waals surface area contributed by atoms with Crippen LogP contribution in [0.4, 0.5) is 0 Å². The minimum atomic E-state index is -4.48. The van der Waals surface area contributed by atoms with Gasteiger partial charge in [-0.15, -0.1) is 11.3 Å². The molecule has 2 aliphatic rings. The fourth-order valence-electron chi connectivity index (χ4n) is 3.66. The first-order chi connectivity index (χ1) is 15.7. The van der Waals surface area contributed by atoms with Crippen LogP contribution in [-0.4, -0.2) is 34.6 Å². The van der Waals surface area contributed by atoms with Crippen molar-refractivity contribution in [3.8, 4) is 0 Å². The summed E-state index contributed by atoms with van der Waals surface area (Å²) in [7, 11) is -4.48. The third-order valence-electron chi connectivity index (χ3n) is 5.58. The number of aromatic nitrogens is 1. The molecule has 1 heterocycles. The topological polar surface area (TPSA) is 121 Å². The number of hydrogen-bond acceptors (Lipinski definition) is 9. The number of thiazole rings is 1. The first-order valence-corrected chi connectivity index (χ1v) is 14.0. The van der Waals surface area contributed by atoms with Gasteiger partial charge >= 0.3 is 26.0 Å². The second kappa shape index (κ2) is 10.1. The molecule has 190 valence electrons. The Bertz CT molecular complexity index is 1070. The summed E-state index contributed by atoms with van der Waals surface area (Å²) in [5, 5.41) is 0.917. The van der Waals surface area contributed by atoms with Gasteiger partial charge in [0.05, 0.1) is 26.2 Å². The van der Waals surface area contributed by atoms with Crippen LogP contribution in [0.1, 0.15) is 73.6 Å². The van der Waals surface area contributed by atoms with Gasteiger partial charge in [0.25, 0.3) is 0 Å². The lowest BCUT2D eigenvalue weighted by Gasteiger charge is -2.29. The van der Waals surface area contributed by atoms with E-state index in [1.165, 1.54) is 16.9 Å². The largest absolute Gasteiger partial charge is 0.484 e. The molecular formula is C23H34NO8PS. The summed E-state index contributed by atoms with van der Waals surface area (Å²) in [6, 6.07) is 0. The van der Waals surface area contributed by atoms with E-state index in [0.29, 0.717) is 18.1 Å². The van der Waals surface area contributed by atoms with Crippen LogP contribution in [0.3, 0.4) is 0 Å². The summed E-state index contributed by atoms with van der Waals surface area (Å²) in [5.41, 5.74) is 1.20. The Morgan fingerprint density at radius 2 is 1.76 bits per heavy atom. The summed E-state index contributed by atoms with van der Waals surface area (Å²) in [5.74, 6) is -0.598. The number of esters is 2. The van der Waals surface area contributed by atoms with E-state index < -0.39 is 43.2 Å². The van der Waals surface area contributed by atoms with Crippen LogP contribution in [0.2, 0.25) is 0 Å². The second-order valence-corrected chi connectivity index (χ2v) is 13.3. The molecule has 2 aliphatic carbocycles. The lowest BCUT2D eigenvalue weighted by Crippen LogP contribution is -2.36. The third kappa shape index (κ3) is 6.68. The van der Waals surface area contributed by atoms with E-state index in [1.807, 2.05) is 0 Å². The highest BCUT2D eigenvalue weighted by atomic mass is 32.1. The second-order valence-electron chi connectivity index (χ2n) is 10.7. The number of rotatable bonds is 7. The van der Waals surface area contributed by atoms with E-state index in [4.69, 9.17) is 18.7 Å². The molecule has 0 saturated heterocycles. The highest BCUT2D eigenvalue weighted by molar-refractivity contribution is 7.52. The van der Waals surface area contributed by atoms with Crippen LogP contribution < -0.4 is 9.88 Å². The van der Waals surface area contributed by atoms with Crippen molar-refractivity contribution >= 4 is 42.2 Å². The third-order valence-corrected chi connectivity index (χ3v) is 7.41. The molecule has 11 heteroatoms. The molecule has 34 heavy (non-hydrogen) atoms. The molecule has 3 rings (SSSR count). The Kier molecular flexibility index (Phi) is 7.97. The van der Waals surface area contributed by atoms with Crippen LogP contribution in [0, 0.1) is 16.7 Å². The predicted molar refractivity (Wildman–Crippen MR) is 126 cm³/mol. The molecule has 1 aromatic heterocycles. The monoisotopic (exact) mass is 515 g/mol. The molecule has 1 saturated carbocycles. The summed E-state index contributed by atoms with van der Waals surface area (Å²) < 4.78 is 34.8. The van der Waals surface area contributed by atoms with Crippen LogP contribution >= 0.6 is 18.9 Å². The molecular weight excluding hydrogens is 481 g/mol. The maximum atomic E-state index is 12.9. The summed E-state index contributed by atoms with van der Waals surface area (Å²) in [6.07, 6.45) is 4.25. The smallest absolute Gasteiger partial charge is 0.372 e. The first kappa shape index (κ1) is 26.9. The van der Waals surface area contributed by atoms with Crippen molar-refractivity contribution in [3.05, 3.63) is 15.4 Å². The zero-order valence-electron chi connectivity index (χ0n) is 20.6. The average Bonchev–Trinajstić information content (AvgIpc) is 3.20. The van der Waals surface area contributed by atoms with Crippen molar-refractivity contribution in [3.63, 3.8) is 0 Å². The highest BCUT2D eigenvalue weighted by Gasteiger charge is 2.37. The van der Waals surface area contributed by atoms with Crippen LogP contribution in [0.5, 0.6) is 0 Å². The van der Waals surface area contributed by atoms with Crippen molar-refractivity contribution in [2.24, 2.45) is 16.7 Å². The van der Waals surface area contributed by atoms with Crippen LogP contribution in [0.25, 0.3) is 11.3 Å². The van der Waals surface area contributed by atoms with Gasteiger partial charge in [-0.2, -0.15) is 0 Å². The molecule has 9 nitrogen and oxygen atoms in total. The summed E-state index contributed by atoms with van der Waals surface area (Å²) in [6.45, 7) is 7.62. The van der Waals surface area contributed by atoms with Gasteiger partial charge in [0.2, 0.25) is 0 Å². The molecule has 0 radical (unpaired) electrons. The van der Waals surface area contributed by atoms with Crippen LogP contribution in [-0.2, 0) is 32.9 Å². The molecule has 0 spiro atoms. The van der Waals surface area contributed by atoms with Gasteiger partial charge in [-0.3, -0.25) is 14.2 Å². The van der Waals surface area contributed by atoms with Crippen molar-refractivity contribution < 1.29 is 37.8 Å². The Hall–Kier alpha value is -1.74. The van der Waals surface area contributed by atoms with Gasteiger partial charge in [0.15, 0.2) is 6.35 Å². The molecule has 2 atom stereocenters. The number of hydrogen-bond donors (Lipinski definition) is 1. The molecule has 2 unspecified atom stereocenters. The molecule has 1 N–H and O–H groups in total. The minimum Gasteiger partial charge on any atom is -0.484 e. The quantitative estimate of drug-likeness (QED) is 0.330. The lowest BCUT2D eigenvalue weighted by molar-refractivity contribution is -0.246. The maximum absolute atomic E-state index is 12.9. The number of carbonyl (C=O) groups excluding carboxylic acids is 2. The number of carbonyl (C=O) groups is 2. The summed E-state index contributed by atoms with van der Waals surface area (Å²) in [4.78, 5) is 39.6. The van der Waals surface area contributed by atoms with Gasteiger partial charge < -0.3 is 19.1 Å². The SMILES string of the molecule is CC(C)(C)C(=O)OC(OC(=O)C(C)(C)C)OP(=O)(O)COC1=c2scnc2=C2CCCCC2C1. The van der Waals surface area contributed by atoms with Crippen molar-refractivity contribution in [1.29, 1.82) is 0 Å². The molecule has 0 aromatic carbocycles. The molecule has 0 bridgehead atoms. The number of nitrogens with zero attached hydrogens (tertiary/aromatic N) is 1. The molecule has 0 aliphatic heterocycles. The zero-order valence-corrected chi connectivity index (χ0v) is 22.3. The van der Waals surface area contributed by atoms with E-state index in [-0.39, 0.29) is 0 Å². The molecule has 0 amide bonds. The van der Waals surface area contributed by atoms with Crippen LogP contribution in [0.15, 0.2) is 5.51 Å². The van der Waals surface area contributed by atoms with Crippen molar-refractivity contribution in [2.75, 3.05) is 6.35 Å². The number of ether oxygens (including phenoxy) is 3. The van der Waals surface area contributed by atoms with Gasteiger partial charge in [0.1, 0.15) is 5.76 Å².